The smallest absolute Gasteiger partial charge is 0.270 e. The number of nitrogens with one attached hydrogen (secondary N) is 2. The minimum atomic E-state index is -3.89. The first kappa shape index (κ1) is 20.9. The van der Waals surface area contributed by atoms with Crippen molar-refractivity contribution in [3.05, 3.63) is 65.7 Å². The molecule has 0 aliphatic heterocycles. The minimum absolute atomic E-state index is 0.101. The van der Waals surface area contributed by atoms with E-state index in [1.54, 1.807) is 31.2 Å². The van der Waals surface area contributed by atoms with Gasteiger partial charge in [0.25, 0.3) is 15.9 Å². The van der Waals surface area contributed by atoms with Gasteiger partial charge in [0.1, 0.15) is 12.4 Å². The second-order valence-electron chi connectivity index (χ2n) is 6.34. The first-order valence-electron chi connectivity index (χ1n) is 8.75. The summed E-state index contributed by atoms with van der Waals surface area (Å²) in [6, 6.07) is 15.6. The Kier molecular flexibility index (Phi) is 6.57. The number of benzene rings is 2. The van der Waals surface area contributed by atoms with E-state index in [-0.39, 0.29) is 22.0 Å². The van der Waals surface area contributed by atoms with Crippen LogP contribution in [0.2, 0.25) is 0 Å². The van der Waals surface area contributed by atoms with Crippen LogP contribution in [0, 0.1) is 6.92 Å². The predicted octanol–water partition coefficient (Wildman–Crippen LogP) is 2.84. The number of aromatic nitrogens is 2. The summed E-state index contributed by atoms with van der Waals surface area (Å²) < 4.78 is 32.8. The van der Waals surface area contributed by atoms with Crippen LogP contribution >= 0.6 is 11.3 Å². The first-order chi connectivity index (χ1) is 13.8. The Bertz CT molecular complexity index is 1070. The molecule has 29 heavy (non-hydrogen) atoms. The lowest BCUT2D eigenvalue weighted by Gasteiger charge is -2.13. The van der Waals surface area contributed by atoms with Crippen molar-refractivity contribution in [3.63, 3.8) is 0 Å². The van der Waals surface area contributed by atoms with E-state index in [1.807, 2.05) is 37.3 Å². The van der Waals surface area contributed by atoms with E-state index in [9.17, 15) is 13.2 Å². The lowest BCUT2D eigenvalue weighted by Crippen LogP contribution is -2.36. The number of aryl methyl sites for hydroxylation is 1. The molecule has 0 unspecified atom stereocenters. The third kappa shape index (κ3) is 5.83. The second kappa shape index (κ2) is 9.12. The van der Waals surface area contributed by atoms with Gasteiger partial charge < -0.3 is 4.74 Å². The van der Waals surface area contributed by atoms with Crippen LogP contribution in [0.3, 0.4) is 0 Å². The van der Waals surface area contributed by atoms with Crippen LogP contribution < -0.4 is 14.8 Å². The topological polar surface area (TPSA) is 110 Å². The highest BCUT2D eigenvalue weighted by Crippen LogP contribution is 2.21. The van der Waals surface area contributed by atoms with Crippen LogP contribution in [-0.4, -0.2) is 37.2 Å². The van der Waals surface area contributed by atoms with E-state index in [0.29, 0.717) is 11.3 Å². The summed E-state index contributed by atoms with van der Waals surface area (Å²) in [5, 5.41) is 10.1. The molecule has 1 atom stereocenters. The fraction of sp³-hybridized carbons (Fsp3) is 0.211. The molecule has 10 heteroatoms. The van der Waals surface area contributed by atoms with Crippen LogP contribution in [0.25, 0.3) is 0 Å². The number of carbonyl (C=O) groups is 1. The van der Waals surface area contributed by atoms with E-state index in [1.165, 1.54) is 0 Å². The van der Waals surface area contributed by atoms with Crippen molar-refractivity contribution in [1.29, 1.82) is 0 Å². The molecule has 1 heterocycles. The zero-order valence-electron chi connectivity index (χ0n) is 15.8. The quantitative estimate of drug-likeness (QED) is 0.530. The molecule has 0 saturated carbocycles. The maximum Gasteiger partial charge on any atom is 0.270 e. The van der Waals surface area contributed by atoms with Crippen molar-refractivity contribution in [3.8, 4) is 5.75 Å². The average molecular weight is 433 g/mol. The average Bonchev–Trinajstić information content (AvgIpc) is 3.17. The maximum atomic E-state index is 12.5. The van der Waals surface area contributed by atoms with Gasteiger partial charge in [-0.05, 0) is 38.1 Å². The van der Waals surface area contributed by atoms with E-state index < -0.39 is 16.1 Å². The molecular formula is C19H20N4O4S2. The van der Waals surface area contributed by atoms with Crippen molar-refractivity contribution in [2.24, 2.45) is 0 Å². The lowest BCUT2D eigenvalue weighted by atomic mass is 10.1. The number of carbonyl (C=O) groups excluding carboxylic acids is 1. The van der Waals surface area contributed by atoms with E-state index in [0.717, 1.165) is 16.9 Å². The monoisotopic (exact) mass is 432 g/mol. The van der Waals surface area contributed by atoms with Gasteiger partial charge >= 0.3 is 0 Å². The molecule has 3 aromatic rings. The molecule has 0 bridgehead atoms. The Hall–Kier alpha value is -2.82. The molecule has 0 spiro atoms. The Morgan fingerprint density at radius 1 is 1.10 bits per heavy atom. The van der Waals surface area contributed by atoms with Crippen molar-refractivity contribution in [1.82, 2.24) is 14.9 Å². The fourth-order valence-electron chi connectivity index (χ4n) is 2.33. The van der Waals surface area contributed by atoms with Gasteiger partial charge in [-0.2, -0.15) is 0 Å². The molecule has 2 N–H and O–H groups in total. The van der Waals surface area contributed by atoms with Gasteiger partial charge in [-0.15, -0.1) is 10.2 Å². The summed E-state index contributed by atoms with van der Waals surface area (Å²) in [5.74, 6) is 0.262. The summed E-state index contributed by atoms with van der Waals surface area (Å²) >= 11 is 0.777. The summed E-state index contributed by atoms with van der Waals surface area (Å²) in [4.78, 5) is 12.2. The van der Waals surface area contributed by atoms with Crippen LogP contribution in [0.4, 0.5) is 5.13 Å². The van der Waals surface area contributed by atoms with E-state index in [4.69, 9.17) is 4.74 Å². The number of anilines is 1. The molecular weight excluding hydrogens is 412 g/mol. The van der Waals surface area contributed by atoms with E-state index in [2.05, 4.69) is 20.2 Å². The van der Waals surface area contributed by atoms with Gasteiger partial charge in [0.15, 0.2) is 0 Å². The second-order valence-corrected chi connectivity index (χ2v) is 9.20. The third-order valence-electron chi connectivity index (χ3n) is 3.77. The largest absolute Gasteiger partial charge is 0.492 e. The highest BCUT2D eigenvalue weighted by atomic mass is 32.2. The summed E-state index contributed by atoms with van der Waals surface area (Å²) in [6.45, 7) is 3.75. The molecule has 3 rings (SSSR count). The molecule has 0 fully saturated rings. The number of hydrogen-bond donors (Lipinski definition) is 2. The molecule has 0 aliphatic rings. The van der Waals surface area contributed by atoms with Gasteiger partial charge in [-0.1, -0.05) is 47.2 Å². The number of ether oxygens (including phenoxy) is 1. The third-order valence-corrected chi connectivity index (χ3v) is 6.57. The number of nitrogens with zero attached hydrogens (tertiary/aromatic N) is 2. The van der Waals surface area contributed by atoms with Crippen LogP contribution in [0.15, 0.2) is 58.9 Å². The molecule has 1 aromatic heterocycles. The standard InChI is InChI=1S/C19H20N4O4S2/c1-13-8-10-15(11-9-13)17(24)20-18-21-22-19(28-18)29(25,26)23-14(2)12-27-16-6-4-3-5-7-16/h3-11,14,23H,12H2,1-2H3,(H,20,21,24)/t14-/m0/s1. The van der Waals surface area contributed by atoms with Crippen LogP contribution in [0.1, 0.15) is 22.8 Å². The van der Waals surface area contributed by atoms with Gasteiger partial charge in [0.05, 0.1) is 6.04 Å². The summed E-state index contributed by atoms with van der Waals surface area (Å²) in [6.07, 6.45) is 0. The highest BCUT2D eigenvalue weighted by Gasteiger charge is 2.23. The molecule has 8 nitrogen and oxygen atoms in total. The SMILES string of the molecule is Cc1ccc(C(=O)Nc2nnc(S(=O)(=O)N[C@@H](C)COc3ccccc3)s2)cc1. The predicted molar refractivity (Wildman–Crippen MR) is 111 cm³/mol. The van der Waals surface area contributed by atoms with Gasteiger partial charge in [0, 0.05) is 5.56 Å². The Labute approximate surface area is 173 Å². The minimum Gasteiger partial charge on any atom is -0.492 e. The number of rotatable bonds is 8. The molecule has 0 radical (unpaired) electrons. The van der Waals surface area contributed by atoms with Crippen LogP contribution in [0.5, 0.6) is 5.75 Å². The van der Waals surface area contributed by atoms with Crippen molar-refractivity contribution >= 4 is 32.4 Å². The van der Waals surface area contributed by atoms with Gasteiger partial charge in [-0.25, -0.2) is 13.1 Å². The summed E-state index contributed by atoms with van der Waals surface area (Å²) in [7, 11) is -3.89. The van der Waals surface area contributed by atoms with Crippen LogP contribution in [-0.2, 0) is 10.0 Å². The summed E-state index contributed by atoms with van der Waals surface area (Å²) in [5.41, 5.74) is 1.47. The van der Waals surface area contributed by atoms with Crippen molar-refractivity contribution < 1.29 is 17.9 Å². The number of sulfonamides is 1. The van der Waals surface area contributed by atoms with E-state index >= 15 is 0 Å². The molecule has 0 aliphatic carbocycles. The number of amides is 1. The Balaban J connectivity index is 1.59. The highest BCUT2D eigenvalue weighted by molar-refractivity contribution is 7.91. The van der Waals surface area contributed by atoms with Crippen molar-refractivity contribution in [2.45, 2.75) is 24.2 Å². The maximum absolute atomic E-state index is 12.5. The first-order valence-corrected chi connectivity index (χ1v) is 11.0. The lowest BCUT2D eigenvalue weighted by molar-refractivity contribution is 0.102. The Morgan fingerprint density at radius 3 is 2.48 bits per heavy atom. The van der Waals surface area contributed by atoms with Crippen molar-refractivity contribution in [2.75, 3.05) is 11.9 Å². The zero-order chi connectivity index (χ0) is 20.9. The number of para-hydroxylation sites is 1. The molecule has 2 aromatic carbocycles. The number of hydrogen-bond acceptors (Lipinski definition) is 7. The van der Waals surface area contributed by atoms with Gasteiger partial charge in [0.2, 0.25) is 9.47 Å². The molecule has 0 saturated heterocycles. The molecule has 152 valence electrons. The Morgan fingerprint density at radius 2 is 1.79 bits per heavy atom. The molecule has 1 amide bonds. The normalized spacial score (nSPS) is 12.3. The zero-order valence-corrected chi connectivity index (χ0v) is 17.5. The fourth-order valence-corrected chi connectivity index (χ4v) is 4.47. The van der Waals surface area contributed by atoms with Gasteiger partial charge in [-0.3, -0.25) is 10.1 Å².